The van der Waals surface area contributed by atoms with E-state index >= 15 is 0 Å². The van der Waals surface area contributed by atoms with Crippen molar-refractivity contribution in [2.45, 2.75) is 24.8 Å². The average Bonchev–Trinajstić information content (AvgIpc) is 2.58. The summed E-state index contributed by atoms with van der Waals surface area (Å²) in [5, 5.41) is 10.8. The van der Waals surface area contributed by atoms with Crippen LogP contribution in [0.1, 0.15) is 12.5 Å². The topological polar surface area (TPSA) is 96.8 Å². The number of hydroxylamine groups is 2. The molecule has 0 saturated heterocycles. The number of rotatable bonds is 8. The Morgan fingerprint density at radius 2 is 2.08 bits per heavy atom. The SMILES string of the molecule is CO[C@H](C)C(CS(=O)(=O)Cc1cnc2ccccc2c1)N(O)C=O. The van der Waals surface area contributed by atoms with Crippen LogP contribution in [-0.4, -0.2) is 55.1 Å². The van der Waals surface area contributed by atoms with Crippen molar-refractivity contribution in [1.29, 1.82) is 0 Å². The van der Waals surface area contributed by atoms with Crippen molar-refractivity contribution in [2.24, 2.45) is 0 Å². The zero-order valence-electron chi connectivity index (χ0n) is 13.5. The Hall–Kier alpha value is -2.03. The van der Waals surface area contributed by atoms with Gasteiger partial charge in [-0.2, -0.15) is 0 Å². The lowest BCUT2D eigenvalue weighted by Crippen LogP contribution is -2.45. The van der Waals surface area contributed by atoms with Gasteiger partial charge in [0.2, 0.25) is 6.41 Å². The number of hydrogen-bond acceptors (Lipinski definition) is 6. The van der Waals surface area contributed by atoms with E-state index in [4.69, 9.17) is 4.74 Å². The van der Waals surface area contributed by atoms with Crippen LogP contribution < -0.4 is 0 Å². The Kier molecular flexibility index (Phi) is 5.87. The standard InChI is InChI=1S/C16H20N2O5S/c1-12(23-2)16(18(20)11-19)10-24(21,22)9-13-7-14-5-3-4-6-15(14)17-8-13/h3-8,11-12,16,20H,9-10H2,1-2H3/t12-,16?/m1/s1. The van der Waals surface area contributed by atoms with Crippen LogP contribution in [0.25, 0.3) is 10.9 Å². The van der Waals surface area contributed by atoms with E-state index in [1.807, 2.05) is 24.3 Å². The van der Waals surface area contributed by atoms with E-state index in [9.17, 15) is 18.4 Å². The molecule has 0 aliphatic rings. The summed E-state index contributed by atoms with van der Waals surface area (Å²) in [6.07, 6.45) is 1.06. The number of amides is 1. The van der Waals surface area contributed by atoms with Gasteiger partial charge in [0.25, 0.3) is 0 Å². The molecule has 2 atom stereocenters. The van der Waals surface area contributed by atoms with E-state index in [0.29, 0.717) is 10.6 Å². The number of benzene rings is 1. The van der Waals surface area contributed by atoms with Crippen LogP contribution in [0.3, 0.4) is 0 Å². The third kappa shape index (κ3) is 4.50. The number of hydrogen-bond donors (Lipinski definition) is 1. The normalized spacial score (nSPS) is 14.3. The summed E-state index contributed by atoms with van der Waals surface area (Å²) in [5.74, 6) is -0.644. The number of aromatic nitrogens is 1. The second-order valence-electron chi connectivity index (χ2n) is 5.58. The summed E-state index contributed by atoms with van der Waals surface area (Å²) < 4.78 is 30.0. The number of ether oxygens (including phenoxy) is 1. The van der Waals surface area contributed by atoms with Crippen LogP contribution in [0.15, 0.2) is 36.5 Å². The Labute approximate surface area is 140 Å². The van der Waals surface area contributed by atoms with E-state index in [-0.39, 0.29) is 12.2 Å². The molecule has 2 rings (SSSR count). The van der Waals surface area contributed by atoms with Gasteiger partial charge < -0.3 is 4.74 Å². The molecule has 0 bridgehead atoms. The molecule has 1 aromatic carbocycles. The molecule has 0 radical (unpaired) electrons. The van der Waals surface area contributed by atoms with E-state index < -0.39 is 27.7 Å². The maximum absolute atomic E-state index is 12.5. The highest BCUT2D eigenvalue weighted by molar-refractivity contribution is 7.90. The number of carbonyl (C=O) groups is 1. The number of nitrogens with zero attached hydrogens (tertiary/aromatic N) is 2. The molecule has 1 aromatic heterocycles. The molecule has 130 valence electrons. The molecule has 0 fully saturated rings. The van der Waals surface area contributed by atoms with Crippen molar-refractivity contribution < 1.29 is 23.2 Å². The number of carbonyl (C=O) groups excluding carboxylic acids is 1. The molecule has 2 aromatic rings. The van der Waals surface area contributed by atoms with Crippen LogP contribution >= 0.6 is 0 Å². The van der Waals surface area contributed by atoms with Gasteiger partial charge >= 0.3 is 0 Å². The first-order chi connectivity index (χ1) is 11.4. The van der Waals surface area contributed by atoms with Crippen molar-refractivity contribution in [3.05, 3.63) is 42.1 Å². The maximum Gasteiger partial charge on any atom is 0.233 e. The minimum atomic E-state index is -3.59. The van der Waals surface area contributed by atoms with Crippen molar-refractivity contribution in [1.82, 2.24) is 10.0 Å². The van der Waals surface area contributed by atoms with Gasteiger partial charge in [-0.1, -0.05) is 18.2 Å². The minimum Gasteiger partial charge on any atom is -0.379 e. The Morgan fingerprint density at radius 3 is 2.75 bits per heavy atom. The molecule has 1 amide bonds. The van der Waals surface area contributed by atoms with Gasteiger partial charge in [0, 0.05) is 18.7 Å². The summed E-state index contributed by atoms with van der Waals surface area (Å²) in [5.41, 5.74) is 1.33. The molecule has 1 N–H and O–H groups in total. The number of pyridine rings is 1. The van der Waals surface area contributed by atoms with Crippen LogP contribution in [0.4, 0.5) is 0 Å². The lowest BCUT2D eigenvalue weighted by atomic mass is 10.2. The molecular formula is C16H20N2O5S. The predicted molar refractivity (Wildman–Crippen MR) is 89.2 cm³/mol. The highest BCUT2D eigenvalue weighted by Gasteiger charge is 2.29. The van der Waals surface area contributed by atoms with Crippen molar-refractivity contribution in [2.75, 3.05) is 12.9 Å². The maximum atomic E-state index is 12.5. The van der Waals surface area contributed by atoms with Crippen LogP contribution in [-0.2, 0) is 25.1 Å². The summed E-state index contributed by atoms with van der Waals surface area (Å²) in [6, 6.07) is 8.20. The summed E-state index contributed by atoms with van der Waals surface area (Å²) >= 11 is 0. The monoisotopic (exact) mass is 352 g/mol. The first-order valence-corrected chi connectivity index (χ1v) is 9.18. The van der Waals surface area contributed by atoms with Gasteiger partial charge in [-0.15, -0.1) is 0 Å². The molecule has 0 saturated carbocycles. The minimum absolute atomic E-state index is 0.174. The summed E-state index contributed by atoms with van der Waals surface area (Å²) in [6.45, 7) is 1.59. The smallest absolute Gasteiger partial charge is 0.233 e. The first-order valence-electron chi connectivity index (χ1n) is 7.35. The van der Waals surface area contributed by atoms with Crippen LogP contribution in [0.5, 0.6) is 0 Å². The zero-order valence-corrected chi connectivity index (χ0v) is 14.3. The number of sulfone groups is 1. The predicted octanol–water partition coefficient (Wildman–Crippen LogP) is 1.40. The quantitative estimate of drug-likeness (QED) is 0.438. The Balaban J connectivity index is 2.20. The molecule has 0 aliphatic carbocycles. The van der Waals surface area contributed by atoms with Gasteiger partial charge in [-0.05, 0) is 24.6 Å². The van der Waals surface area contributed by atoms with Crippen LogP contribution in [0.2, 0.25) is 0 Å². The van der Waals surface area contributed by atoms with E-state index in [0.717, 1.165) is 10.9 Å². The van der Waals surface area contributed by atoms with Gasteiger partial charge in [0.15, 0.2) is 9.84 Å². The summed E-state index contributed by atoms with van der Waals surface area (Å²) in [4.78, 5) is 15.0. The molecule has 8 heteroatoms. The van der Waals surface area contributed by atoms with Crippen molar-refractivity contribution in [3.63, 3.8) is 0 Å². The molecule has 0 spiro atoms. The number of fused-ring (bicyclic) bond motifs is 1. The van der Waals surface area contributed by atoms with Gasteiger partial charge in [0.1, 0.15) is 0 Å². The van der Waals surface area contributed by atoms with E-state index in [2.05, 4.69) is 4.98 Å². The third-order valence-electron chi connectivity index (χ3n) is 3.82. The lowest BCUT2D eigenvalue weighted by Gasteiger charge is -2.27. The molecule has 7 nitrogen and oxygen atoms in total. The fourth-order valence-electron chi connectivity index (χ4n) is 2.43. The average molecular weight is 352 g/mol. The zero-order chi connectivity index (χ0) is 17.7. The highest BCUT2D eigenvalue weighted by Crippen LogP contribution is 2.16. The largest absolute Gasteiger partial charge is 0.379 e. The molecule has 24 heavy (non-hydrogen) atoms. The van der Waals surface area contributed by atoms with Gasteiger partial charge in [-0.3, -0.25) is 15.0 Å². The van der Waals surface area contributed by atoms with E-state index in [1.165, 1.54) is 13.3 Å². The second kappa shape index (κ2) is 7.69. The van der Waals surface area contributed by atoms with Gasteiger partial charge in [0.05, 0.1) is 29.2 Å². The Bertz CT molecular complexity index is 809. The van der Waals surface area contributed by atoms with Gasteiger partial charge in [-0.25, -0.2) is 13.5 Å². The fraction of sp³-hybridized carbons (Fsp3) is 0.375. The highest BCUT2D eigenvalue weighted by atomic mass is 32.2. The second-order valence-corrected chi connectivity index (χ2v) is 7.69. The van der Waals surface area contributed by atoms with Crippen molar-refractivity contribution >= 4 is 27.2 Å². The fourth-order valence-corrected chi connectivity index (χ4v) is 4.16. The molecule has 0 aliphatic heterocycles. The summed E-state index contributed by atoms with van der Waals surface area (Å²) in [7, 11) is -2.21. The first kappa shape index (κ1) is 18.3. The molecular weight excluding hydrogens is 332 g/mol. The number of methoxy groups -OCH3 is 1. The molecule has 1 unspecified atom stereocenters. The van der Waals surface area contributed by atoms with Crippen molar-refractivity contribution in [3.8, 4) is 0 Å². The third-order valence-corrected chi connectivity index (χ3v) is 5.44. The number of para-hydroxylation sites is 1. The van der Waals surface area contributed by atoms with Crippen LogP contribution in [0, 0.1) is 0 Å². The lowest BCUT2D eigenvalue weighted by molar-refractivity contribution is -0.168. The Morgan fingerprint density at radius 1 is 1.38 bits per heavy atom. The van der Waals surface area contributed by atoms with E-state index in [1.54, 1.807) is 13.0 Å². The molecule has 1 heterocycles.